The van der Waals surface area contributed by atoms with Gasteiger partial charge in [0.1, 0.15) is 10.8 Å². The number of rotatable bonds is 3. The molecule has 2 aromatic rings. The van der Waals surface area contributed by atoms with Gasteiger partial charge in [-0.3, -0.25) is 4.98 Å². The van der Waals surface area contributed by atoms with Gasteiger partial charge in [0.25, 0.3) is 0 Å². The summed E-state index contributed by atoms with van der Waals surface area (Å²) in [6.45, 7) is 2.00. The summed E-state index contributed by atoms with van der Waals surface area (Å²) in [7, 11) is 0. The van der Waals surface area contributed by atoms with Gasteiger partial charge in [-0.05, 0) is 49.6 Å². The zero-order chi connectivity index (χ0) is 15.4. The quantitative estimate of drug-likeness (QED) is 0.867. The number of anilines is 2. The summed E-state index contributed by atoms with van der Waals surface area (Å²) < 4.78 is 13.7. The van der Waals surface area contributed by atoms with Crippen molar-refractivity contribution in [3.8, 4) is 0 Å². The third kappa shape index (κ3) is 3.42. The van der Waals surface area contributed by atoms with Crippen LogP contribution < -0.4 is 10.2 Å². The van der Waals surface area contributed by atoms with E-state index in [1.807, 2.05) is 18.2 Å². The average Bonchev–Trinajstić information content (AvgIpc) is 2.56. The largest absolute Gasteiger partial charge is 0.370 e. The number of thiocarbonyl (C=S) groups is 1. The minimum atomic E-state index is -0.266. The molecular weight excluding hydrogens is 297 g/mol. The number of aromatic nitrogens is 1. The molecule has 22 heavy (non-hydrogen) atoms. The maximum absolute atomic E-state index is 13.7. The lowest BCUT2D eigenvalue weighted by atomic mass is 10.1. The first-order chi connectivity index (χ1) is 10.7. The van der Waals surface area contributed by atoms with E-state index in [-0.39, 0.29) is 5.82 Å². The van der Waals surface area contributed by atoms with Crippen molar-refractivity contribution in [1.82, 2.24) is 4.98 Å². The summed E-state index contributed by atoms with van der Waals surface area (Å²) in [4.78, 5) is 6.91. The molecule has 1 aliphatic heterocycles. The molecule has 0 unspecified atom stereocenters. The van der Waals surface area contributed by atoms with Crippen molar-refractivity contribution in [3.63, 3.8) is 0 Å². The van der Waals surface area contributed by atoms with Crippen molar-refractivity contribution in [2.75, 3.05) is 23.3 Å². The Morgan fingerprint density at radius 1 is 1.18 bits per heavy atom. The predicted molar refractivity (Wildman–Crippen MR) is 92.0 cm³/mol. The van der Waals surface area contributed by atoms with Crippen LogP contribution in [0, 0.1) is 5.82 Å². The van der Waals surface area contributed by atoms with Gasteiger partial charge in [-0.1, -0.05) is 12.2 Å². The number of nitrogens with one attached hydrogen (secondary N) is 1. The van der Waals surface area contributed by atoms with Gasteiger partial charge in [0.05, 0.1) is 11.4 Å². The number of halogens is 1. The summed E-state index contributed by atoms with van der Waals surface area (Å²) in [5.41, 5.74) is 2.55. The van der Waals surface area contributed by atoms with Crippen molar-refractivity contribution in [2.24, 2.45) is 0 Å². The first-order valence-electron chi connectivity index (χ1n) is 7.50. The Morgan fingerprint density at radius 3 is 2.73 bits per heavy atom. The lowest BCUT2D eigenvalue weighted by Gasteiger charge is -2.30. The van der Waals surface area contributed by atoms with Gasteiger partial charge in [0.2, 0.25) is 0 Å². The first kappa shape index (κ1) is 14.9. The normalized spacial score (nSPS) is 14.7. The van der Waals surface area contributed by atoms with Crippen molar-refractivity contribution in [2.45, 2.75) is 19.3 Å². The third-order valence-electron chi connectivity index (χ3n) is 3.83. The molecule has 0 amide bonds. The van der Waals surface area contributed by atoms with Crippen molar-refractivity contribution >= 4 is 28.6 Å². The monoisotopic (exact) mass is 315 g/mol. The minimum Gasteiger partial charge on any atom is -0.370 e. The molecule has 1 aliphatic rings. The van der Waals surface area contributed by atoms with Crippen LogP contribution in [0.3, 0.4) is 0 Å². The molecule has 114 valence electrons. The van der Waals surface area contributed by atoms with E-state index in [0.29, 0.717) is 4.99 Å². The lowest BCUT2D eigenvalue weighted by Crippen LogP contribution is -2.30. The van der Waals surface area contributed by atoms with E-state index in [0.717, 1.165) is 30.0 Å². The maximum Gasteiger partial charge on any atom is 0.125 e. The summed E-state index contributed by atoms with van der Waals surface area (Å²) in [5, 5.41) is 3.17. The Hall–Kier alpha value is -2.01. The molecule has 1 fully saturated rings. The van der Waals surface area contributed by atoms with E-state index >= 15 is 0 Å². The van der Waals surface area contributed by atoms with E-state index in [9.17, 15) is 4.39 Å². The molecule has 5 heteroatoms. The Bertz CT molecular complexity index is 654. The Labute approximate surface area is 135 Å². The average molecular weight is 315 g/mol. The molecule has 0 bridgehead atoms. The Kier molecular flexibility index (Phi) is 4.63. The van der Waals surface area contributed by atoms with Crippen LogP contribution in [-0.4, -0.2) is 23.1 Å². The van der Waals surface area contributed by atoms with Crippen molar-refractivity contribution in [3.05, 3.63) is 54.1 Å². The molecule has 1 aromatic carbocycles. The van der Waals surface area contributed by atoms with Crippen LogP contribution in [0.5, 0.6) is 0 Å². The van der Waals surface area contributed by atoms with Gasteiger partial charge in [0, 0.05) is 31.0 Å². The SMILES string of the molecule is Fc1ccc(N2CCCCC2)c(NC(=S)c2cccnc2)c1. The molecule has 3 nitrogen and oxygen atoms in total. The van der Waals surface area contributed by atoms with Crippen LogP contribution in [0.25, 0.3) is 0 Å². The predicted octanol–water partition coefficient (Wildman–Crippen LogP) is 4.00. The Morgan fingerprint density at radius 2 is 2.00 bits per heavy atom. The molecule has 1 saturated heterocycles. The molecule has 0 spiro atoms. The second kappa shape index (κ2) is 6.83. The topological polar surface area (TPSA) is 28.2 Å². The van der Waals surface area contributed by atoms with Crippen LogP contribution in [0.4, 0.5) is 15.8 Å². The molecule has 1 N–H and O–H groups in total. The zero-order valence-electron chi connectivity index (χ0n) is 12.3. The van der Waals surface area contributed by atoms with Crippen LogP contribution in [-0.2, 0) is 0 Å². The number of benzene rings is 1. The minimum absolute atomic E-state index is 0.266. The van der Waals surface area contributed by atoms with Gasteiger partial charge < -0.3 is 10.2 Å². The molecule has 1 aromatic heterocycles. The lowest BCUT2D eigenvalue weighted by molar-refractivity contribution is 0.577. The molecular formula is C17H18FN3S. The molecule has 0 radical (unpaired) electrons. The fourth-order valence-electron chi connectivity index (χ4n) is 2.71. The second-order valence-corrected chi connectivity index (χ2v) is 5.81. The van der Waals surface area contributed by atoms with Crippen LogP contribution >= 0.6 is 12.2 Å². The van der Waals surface area contributed by atoms with Gasteiger partial charge in [-0.25, -0.2) is 4.39 Å². The first-order valence-corrected chi connectivity index (χ1v) is 7.91. The third-order valence-corrected chi connectivity index (χ3v) is 4.17. The molecule has 3 rings (SSSR count). The highest BCUT2D eigenvalue weighted by Gasteiger charge is 2.16. The van der Waals surface area contributed by atoms with E-state index in [4.69, 9.17) is 12.2 Å². The fourth-order valence-corrected chi connectivity index (χ4v) is 2.94. The van der Waals surface area contributed by atoms with E-state index < -0.39 is 0 Å². The van der Waals surface area contributed by atoms with Crippen LogP contribution in [0.2, 0.25) is 0 Å². The number of piperidine rings is 1. The molecule has 0 atom stereocenters. The van der Waals surface area contributed by atoms with E-state index in [2.05, 4.69) is 15.2 Å². The summed E-state index contributed by atoms with van der Waals surface area (Å²) in [6.07, 6.45) is 7.00. The molecule has 2 heterocycles. The summed E-state index contributed by atoms with van der Waals surface area (Å²) >= 11 is 5.41. The number of hydrogen-bond donors (Lipinski definition) is 1. The second-order valence-electron chi connectivity index (χ2n) is 5.41. The van der Waals surface area contributed by atoms with Gasteiger partial charge >= 0.3 is 0 Å². The number of hydrogen-bond acceptors (Lipinski definition) is 3. The highest BCUT2D eigenvalue weighted by molar-refractivity contribution is 7.81. The van der Waals surface area contributed by atoms with Crippen molar-refractivity contribution in [1.29, 1.82) is 0 Å². The maximum atomic E-state index is 13.7. The van der Waals surface area contributed by atoms with E-state index in [1.165, 1.54) is 31.4 Å². The van der Waals surface area contributed by atoms with Gasteiger partial charge in [0.15, 0.2) is 0 Å². The highest BCUT2D eigenvalue weighted by atomic mass is 32.1. The van der Waals surface area contributed by atoms with E-state index in [1.54, 1.807) is 12.4 Å². The van der Waals surface area contributed by atoms with Crippen LogP contribution in [0.1, 0.15) is 24.8 Å². The van der Waals surface area contributed by atoms with Gasteiger partial charge in [-0.15, -0.1) is 0 Å². The summed E-state index contributed by atoms with van der Waals surface area (Å²) in [6, 6.07) is 8.56. The Balaban J connectivity index is 1.85. The smallest absolute Gasteiger partial charge is 0.125 e. The van der Waals surface area contributed by atoms with Crippen molar-refractivity contribution < 1.29 is 4.39 Å². The van der Waals surface area contributed by atoms with Crippen LogP contribution in [0.15, 0.2) is 42.7 Å². The number of pyridine rings is 1. The summed E-state index contributed by atoms with van der Waals surface area (Å²) in [5.74, 6) is -0.266. The van der Waals surface area contributed by atoms with Gasteiger partial charge in [-0.2, -0.15) is 0 Å². The highest BCUT2D eigenvalue weighted by Crippen LogP contribution is 2.29. The molecule has 0 saturated carbocycles. The number of nitrogens with zero attached hydrogens (tertiary/aromatic N) is 2. The molecule has 0 aliphatic carbocycles. The fraction of sp³-hybridized carbons (Fsp3) is 0.294. The zero-order valence-corrected chi connectivity index (χ0v) is 13.1. The standard InChI is InChI=1S/C17H18FN3S/c18-14-6-7-16(21-9-2-1-3-10-21)15(11-14)20-17(22)13-5-4-8-19-12-13/h4-8,11-12H,1-3,9-10H2,(H,20,22).